The lowest BCUT2D eigenvalue weighted by molar-refractivity contribution is 0.108. The summed E-state index contributed by atoms with van der Waals surface area (Å²) in [6.07, 6.45) is 4.14. The predicted octanol–water partition coefficient (Wildman–Crippen LogP) is 2.07. The van der Waals surface area contributed by atoms with Gasteiger partial charge in [0, 0.05) is 30.0 Å². The fraction of sp³-hybridized carbons (Fsp3) is 0.400. The van der Waals surface area contributed by atoms with Gasteiger partial charge in [-0.25, -0.2) is 19.0 Å². The van der Waals surface area contributed by atoms with Crippen LogP contribution in [0.1, 0.15) is 24.1 Å². The number of benzene rings is 1. The molecule has 28 heavy (non-hydrogen) atoms. The number of anilines is 1. The molecule has 0 spiro atoms. The van der Waals surface area contributed by atoms with Gasteiger partial charge in [-0.05, 0) is 31.0 Å². The number of aromatic nitrogens is 4. The summed E-state index contributed by atoms with van der Waals surface area (Å²) in [5, 5.41) is 5.28. The first-order chi connectivity index (χ1) is 13.7. The Morgan fingerprint density at radius 2 is 2.18 bits per heavy atom. The lowest BCUT2D eigenvalue weighted by Gasteiger charge is -2.27. The van der Waals surface area contributed by atoms with E-state index in [1.54, 1.807) is 16.8 Å². The van der Waals surface area contributed by atoms with Crippen LogP contribution in [-0.2, 0) is 24.3 Å². The second-order valence-corrected chi connectivity index (χ2v) is 7.29. The highest BCUT2D eigenvalue weighted by atomic mass is 19.1. The monoisotopic (exact) mass is 381 g/mol. The van der Waals surface area contributed by atoms with Crippen LogP contribution in [0.15, 0.2) is 35.4 Å². The molecular weight excluding hydrogens is 361 g/mol. The molecule has 0 radical (unpaired) electrons. The Bertz CT molecular complexity index is 1100. The van der Waals surface area contributed by atoms with Crippen molar-refractivity contribution in [1.29, 1.82) is 0 Å². The number of hydrogen-bond donors (Lipinski definition) is 0. The predicted molar refractivity (Wildman–Crippen MR) is 102 cm³/mol. The van der Waals surface area contributed by atoms with Gasteiger partial charge >= 0.3 is 0 Å². The van der Waals surface area contributed by atoms with Crippen molar-refractivity contribution in [1.82, 2.24) is 19.7 Å². The highest BCUT2D eigenvalue weighted by molar-refractivity contribution is 5.89. The Morgan fingerprint density at radius 3 is 3.11 bits per heavy atom. The number of rotatable bonds is 3. The van der Waals surface area contributed by atoms with Gasteiger partial charge in [-0.3, -0.25) is 4.79 Å². The molecule has 2 aromatic heterocycles. The topological polar surface area (TPSA) is 73.1 Å². The Kier molecular flexibility index (Phi) is 4.27. The van der Waals surface area contributed by atoms with Gasteiger partial charge in [0.2, 0.25) is 0 Å². The second-order valence-electron chi connectivity index (χ2n) is 7.29. The third-order valence-electron chi connectivity index (χ3n) is 5.51. The van der Waals surface area contributed by atoms with Crippen molar-refractivity contribution in [2.75, 3.05) is 18.1 Å². The van der Waals surface area contributed by atoms with Gasteiger partial charge in [-0.15, -0.1) is 0 Å². The first-order valence-electron chi connectivity index (χ1n) is 9.53. The third-order valence-corrected chi connectivity index (χ3v) is 5.51. The summed E-state index contributed by atoms with van der Waals surface area (Å²) in [7, 11) is 0. The average Bonchev–Trinajstić information content (AvgIpc) is 3.16. The standard InChI is InChI=1S/C20H20FN5O2/c21-14-3-4-18-16(9-14)20(23-12-22-18)25-6-1-2-15(25)10-26-19(27)8-13-11-28-7-5-17(13)24-26/h3-4,8-9,12,15H,1-2,5-7,10-11H2. The molecule has 5 rings (SSSR count). The molecule has 4 heterocycles. The summed E-state index contributed by atoms with van der Waals surface area (Å²) in [4.78, 5) is 23.4. The van der Waals surface area contributed by atoms with Gasteiger partial charge < -0.3 is 9.64 Å². The summed E-state index contributed by atoms with van der Waals surface area (Å²) >= 11 is 0. The summed E-state index contributed by atoms with van der Waals surface area (Å²) in [5.41, 5.74) is 2.41. The van der Waals surface area contributed by atoms with E-state index in [2.05, 4.69) is 20.0 Å². The molecule has 0 bridgehead atoms. The second kappa shape index (κ2) is 6.94. The molecule has 0 saturated carbocycles. The minimum Gasteiger partial charge on any atom is -0.376 e. The lowest BCUT2D eigenvalue weighted by Crippen LogP contribution is -2.38. The quantitative estimate of drug-likeness (QED) is 0.692. The van der Waals surface area contributed by atoms with Crippen molar-refractivity contribution >= 4 is 16.7 Å². The Hall–Kier alpha value is -2.87. The zero-order valence-electron chi connectivity index (χ0n) is 15.3. The largest absolute Gasteiger partial charge is 0.376 e. The van der Waals surface area contributed by atoms with Crippen molar-refractivity contribution in [3.8, 4) is 0 Å². The number of hydrogen-bond acceptors (Lipinski definition) is 6. The summed E-state index contributed by atoms with van der Waals surface area (Å²) < 4.78 is 20.8. The van der Waals surface area contributed by atoms with E-state index in [4.69, 9.17) is 4.74 Å². The molecule has 3 aromatic rings. The molecule has 144 valence electrons. The Labute approximate surface area is 160 Å². The molecule has 1 saturated heterocycles. The number of ether oxygens (including phenoxy) is 1. The molecule has 0 N–H and O–H groups in total. The summed E-state index contributed by atoms with van der Waals surface area (Å²) in [6, 6.07) is 6.25. The smallest absolute Gasteiger partial charge is 0.267 e. The van der Waals surface area contributed by atoms with Crippen LogP contribution in [0.4, 0.5) is 10.2 Å². The molecule has 2 aliphatic heterocycles. The van der Waals surface area contributed by atoms with E-state index in [-0.39, 0.29) is 17.4 Å². The number of nitrogens with zero attached hydrogens (tertiary/aromatic N) is 5. The number of fused-ring (bicyclic) bond motifs is 2. The first kappa shape index (κ1) is 17.2. The molecule has 8 heteroatoms. The maximum Gasteiger partial charge on any atom is 0.267 e. The minimum atomic E-state index is -0.311. The molecule has 1 fully saturated rings. The summed E-state index contributed by atoms with van der Waals surface area (Å²) in [5.74, 6) is 0.403. The zero-order valence-corrected chi connectivity index (χ0v) is 15.3. The van der Waals surface area contributed by atoms with Crippen molar-refractivity contribution in [3.63, 3.8) is 0 Å². The van der Waals surface area contributed by atoms with E-state index in [1.807, 2.05) is 0 Å². The van der Waals surface area contributed by atoms with E-state index in [0.717, 1.165) is 37.1 Å². The molecular formula is C20H20FN5O2. The molecule has 2 aliphatic rings. The molecule has 7 nitrogen and oxygen atoms in total. The van der Waals surface area contributed by atoms with Crippen LogP contribution in [0.25, 0.3) is 10.9 Å². The van der Waals surface area contributed by atoms with Gasteiger partial charge in [-0.2, -0.15) is 5.10 Å². The van der Waals surface area contributed by atoms with Crippen molar-refractivity contribution in [2.24, 2.45) is 0 Å². The van der Waals surface area contributed by atoms with Gasteiger partial charge in [0.05, 0.1) is 37.0 Å². The third kappa shape index (κ3) is 3.03. The molecule has 1 aromatic carbocycles. The summed E-state index contributed by atoms with van der Waals surface area (Å²) in [6.45, 7) is 2.37. The van der Waals surface area contributed by atoms with Gasteiger partial charge in [0.15, 0.2) is 0 Å². The Morgan fingerprint density at radius 1 is 1.25 bits per heavy atom. The SMILES string of the molecule is O=c1cc2c(nn1CC1CCCN1c1ncnc3ccc(F)cc13)CCOC2. The van der Waals surface area contributed by atoms with Crippen LogP contribution >= 0.6 is 0 Å². The molecule has 0 amide bonds. The lowest BCUT2D eigenvalue weighted by atomic mass is 10.1. The molecule has 1 atom stereocenters. The highest BCUT2D eigenvalue weighted by Crippen LogP contribution is 2.30. The van der Waals surface area contributed by atoms with E-state index < -0.39 is 0 Å². The van der Waals surface area contributed by atoms with Gasteiger partial charge in [-0.1, -0.05) is 0 Å². The van der Waals surface area contributed by atoms with E-state index in [1.165, 1.54) is 18.5 Å². The van der Waals surface area contributed by atoms with Crippen molar-refractivity contribution < 1.29 is 9.13 Å². The van der Waals surface area contributed by atoms with Crippen LogP contribution in [0.3, 0.4) is 0 Å². The fourth-order valence-electron chi connectivity index (χ4n) is 4.13. The maximum atomic E-state index is 13.8. The fourth-order valence-corrected chi connectivity index (χ4v) is 4.13. The zero-order chi connectivity index (χ0) is 19.1. The number of halogens is 1. The normalized spacial score (nSPS) is 19.2. The van der Waals surface area contributed by atoms with Crippen molar-refractivity contribution in [3.05, 3.63) is 58.0 Å². The average molecular weight is 381 g/mol. The first-order valence-corrected chi connectivity index (χ1v) is 9.53. The minimum absolute atomic E-state index is 0.0736. The van der Waals surface area contributed by atoms with Crippen LogP contribution in [0.5, 0.6) is 0 Å². The van der Waals surface area contributed by atoms with E-state index in [0.29, 0.717) is 36.5 Å². The van der Waals surface area contributed by atoms with Crippen LogP contribution in [0, 0.1) is 5.82 Å². The van der Waals surface area contributed by atoms with Crippen LogP contribution in [-0.4, -0.2) is 38.9 Å². The van der Waals surface area contributed by atoms with Crippen molar-refractivity contribution in [2.45, 2.75) is 38.5 Å². The van der Waals surface area contributed by atoms with Crippen LogP contribution in [0.2, 0.25) is 0 Å². The maximum absolute atomic E-state index is 13.8. The van der Waals surface area contributed by atoms with Gasteiger partial charge in [0.1, 0.15) is 18.0 Å². The molecule has 1 unspecified atom stereocenters. The van der Waals surface area contributed by atoms with Gasteiger partial charge in [0.25, 0.3) is 5.56 Å². The van der Waals surface area contributed by atoms with Crippen LogP contribution < -0.4 is 10.5 Å². The molecule has 0 aliphatic carbocycles. The highest BCUT2D eigenvalue weighted by Gasteiger charge is 2.28. The van der Waals surface area contributed by atoms with E-state index >= 15 is 0 Å². The Balaban J connectivity index is 1.49. The van der Waals surface area contributed by atoms with E-state index in [9.17, 15) is 9.18 Å².